The third-order valence-corrected chi connectivity index (χ3v) is 5.94. The minimum atomic E-state index is -3.86. The second kappa shape index (κ2) is 9.05. The topological polar surface area (TPSA) is 102 Å². The number of halogens is 1. The molecule has 1 N–H and O–H groups in total. The number of methoxy groups -OCH3 is 2. The molecule has 150 valence electrons. The molecule has 0 bridgehead atoms. The lowest BCUT2D eigenvalue weighted by molar-refractivity contribution is -0.116. The van der Waals surface area contributed by atoms with Gasteiger partial charge in [-0.1, -0.05) is 11.6 Å². The van der Waals surface area contributed by atoms with E-state index in [1.807, 2.05) is 0 Å². The van der Waals surface area contributed by atoms with Gasteiger partial charge in [0.15, 0.2) is 0 Å². The fraction of sp³-hybridized carbons (Fsp3) is 0.222. The van der Waals surface area contributed by atoms with E-state index in [2.05, 4.69) is 10.1 Å². The standard InChI is InChI=1S/C18H19ClN2O6S/c1-21(28(24,25)14-7-5-13(26-2)6-8-14)11-17(22)20-12-4-9-16(19)15(10-12)18(23)27-3/h4-10H,11H2,1-3H3,(H,20,22). The maximum Gasteiger partial charge on any atom is 0.339 e. The van der Waals surface area contributed by atoms with E-state index in [0.717, 1.165) is 4.31 Å². The Kier molecular flexibility index (Phi) is 7.00. The van der Waals surface area contributed by atoms with Gasteiger partial charge in [-0.05, 0) is 42.5 Å². The van der Waals surface area contributed by atoms with E-state index in [9.17, 15) is 18.0 Å². The average molecular weight is 427 g/mol. The van der Waals surface area contributed by atoms with E-state index in [1.54, 1.807) is 0 Å². The van der Waals surface area contributed by atoms with Gasteiger partial charge in [0.2, 0.25) is 15.9 Å². The first-order valence-electron chi connectivity index (χ1n) is 7.97. The molecule has 0 spiro atoms. The summed E-state index contributed by atoms with van der Waals surface area (Å²) in [5.41, 5.74) is 0.367. The fourth-order valence-electron chi connectivity index (χ4n) is 2.28. The molecule has 0 saturated heterocycles. The van der Waals surface area contributed by atoms with Crippen LogP contribution in [0, 0.1) is 0 Å². The highest BCUT2D eigenvalue weighted by molar-refractivity contribution is 7.89. The van der Waals surface area contributed by atoms with E-state index in [1.165, 1.54) is 63.7 Å². The Labute approximate surface area is 168 Å². The molecule has 0 aliphatic rings. The first-order chi connectivity index (χ1) is 13.2. The zero-order chi connectivity index (χ0) is 20.9. The predicted molar refractivity (Wildman–Crippen MR) is 104 cm³/mol. The number of sulfonamides is 1. The molecule has 2 aromatic rings. The molecule has 8 nitrogen and oxygen atoms in total. The van der Waals surface area contributed by atoms with Crippen molar-refractivity contribution in [1.82, 2.24) is 4.31 Å². The maximum atomic E-state index is 12.6. The number of nitrogens with zero attached hydrogens (tertiary/aromatic N) is 1. The van der Waals surface area contributed by atoms with Gasteiger partial charge < -0.3 is 14.8 Å². The molecule has 10 heteroatoms. The molecule has 0 heterocycles. The van der Waals surface area contributed by atoms with Gasteiger partial charge in [0, 0.05) is 12.7 Å². The van der Waals surface area contributed by atoms with Gasteiger partial charge in [-0.15, -0.1) is 0 Å². The maximum absolute atomic E-state index is 12.6. The first-order valence-corrected chi connectivity index (χ1v) is 9.79. The van der Waals surface area contributed by atoms with Crippen LogP contribution in [0.15, 0.2) is 47.4 Å². The SMILES string of the molecule is COC(=O)c1cc(NC(=O)CN(C)S(=O)(=O)c2ccc(OC)cc2)ccc1Cl. The molecule has 0 unspecified atom stereocenters. The van der Waals surface area contributed by atoms with E-state index < -0.39 is 28.4 Å². The van der Waals surface area contributed by atoms with Gasteiger partial charge in [0.1, 0.15) is 5.75 Å². The number of benzene rings is 2. The molecular formula is C18H19ClN2O6S. The van der Waals surface area contributed by atoms with Crippen molar-refractivity contribution in [1.29, 1.82) is 0 Å². The molecule has 0 radical (unpaired) electrons. The Morgan fingerprint density at radius 2 is 1.75 bits per heavy atom. The van der Waals surface area contributed by atoms with Crippen LogP contribution < -0.4 is 10.1 Å². The van der Waals surface area contributed by atoms with Crippen molar-refractivity contribution in [2.75, 3.05) is 33.1 Å². The minimum absolute atomic E-state index is 0.0306. The summed E-state index contributed by atoms with van der Waals surface area (Å²) in [6.07, 6.45) is 0. The van der Waals surface area contributed by atoms with Crippen LogP contribution in [-0.2, 0) is 19.6 Å². The molecular weight excluding hydrogens is 408 g/mol. The molecule has 1 amide bonds. The van der Waals surface area contributed by atoms with Crippen molar-refractivity contribution in [2.24, 2.45) is 0 Å². The van der Waals surface area contributed by atoms with Crippen LogP contribution in [0.3, 0.4) is 0 Å². The number of rotatable bonds is 7. The average Bonchev–Trinajstić information content (AvgIpc) is 2.68. The molecule has 2 aromatic carbocycles. The van der Waals surface area contributed by atoms with Crippen LogP contribution >= 0.6 is 11.6 Å². The molecule has 0 atom stereocenters. The van der Waals surface area contributed by atoms with Crippen LogP contribution in [0.25, 0.3) is 0 Å². The number of hydrogen-bond acceptors (Lipinski definition) is 6. The molecule has 0 aromatic heterocycles. The Hall–Kier alpha value is -2.62. The number of ether oxygens (including phenoxy) is 2. The number of anilines is 1. The Morgan fingerprint density at radius 3 is 2.32 bits per heavy atom. The number of amides is 1. The van der Waals surface area contributed by atoms with Gasteiger partial charge in [-0.2, -0.15) is 4.31 Å². The van der Waals surface area contributed by atoms with Gasteiger partial charge in [-0.3, -0.25) is 4.79 Å². The van der Waals surface area contributed by atoms with E-state index in [0.29, 0.717) is 5.75 Å². The van der Waals surface area contributed by atoms with Crippen molar-refractivity contribution in [3.05, 3.63) is 53.1 Å². The third kappa shape index (κ3) is 5.00. The summed E-state index contributed by atoms with van der Waals surface area (Å²) in [4.78, 5) is 23.9. The molecule has 0 fully saturated rings. The number of esters is 1. The molecule has 0 aliphatic carbocycles. The van der Waals surface area contributed by atoms with Crippen molar-refractivity contribution in [3.63, 3.8) is 0 Å². The highest BCUT2D eigenvalue weighted by Crippen LogP contribution is 2.22. The van der Waals surface area contributed by atoms with Crippen molar-refractivity contribution in [2.45, 2.75) is 4.90 Å². The Bertz CT molecular complexity index is 976. The number of carbonyl (C=O) groups excluding carboxylic acids is 2. The van der Waals surface area contributed by atoms with Gasteiger partial charge in [-0.25, -0.2) is 13.2 Å². The predicted octanol–water partition coefficient (Wildman–Crippen LogP) is 2.39. The summed E-state index contributed by atoms with van der Waals surface area (Å²) in [5.74, 6) is -0.721. The zero-order valence-corrected chi connectivity index (χ0v) is 17.0. The van der Waals surface area contributed by atoms with Gasteiger partial charge in [0.25, 0.3) is 0 Å². The van der Waals surface area contributed by atoms with Crippen LogP contribution in [-0.4, -0.2) is 52.4 Å². The lowest BCUT2D eigenvalue weighted by Gasteiger charge is -2.17. The van der Waals surface area contributed by atoms with Crippen LogP contribution in [0.5, 0.6) is 5.75 Å². The largest absolute Gasteiger partial charge is 0.497 e. The fourth-order valence-corrected chi connectivity index (χ4v) is 3.61. The number of hydrogen-bond donors (Lipinski definition) is 1. The van der Waals surface area contributed by atoms with Gasteiger partial charge >= 0.3 is 5.97 Å². The smallest absolute Gasteiger partial charge is 0.339 e. The quantitative estimate of drug-likeness (QED) is 0.682. The lowest BCUT2D eigenvalue weighted by atomic mass is 10.2. The minimum Gasteiger partial charge on any atom is -0.497 e. The first kappa shape index (κ1) is 21.7. The highest BCUT2D eigenvalue weighted by atomic mass is 35.5. The number of likely N-dealkylation sites (N-methyl/N-ethyl adjacent to an activating group) is 1. The summed E-state index contributed by atoms with van der Waals surface area (Å²) in [5, 5.41) is 2.70. The van der Waals surface area contributed by atoms with E-state index >= 15 is 0 Å². The normalized spacial score (nSPS) is 11.2. The number of nitrogens with one attached hydrogen (secondary N) is 1. The molecule has 0 aliphatic heterocycles. The second-order valence-corrected chi connectivity index (χ2v) is 8.12. The van der Waals surface area contributed by atoms with Crippen LogP contribution in [0.1, 0.15) is 10.4 Å². The van der Waals surface area contributed by atoms with Crippen LogP contribution in [0.2, 0.25) is 5.02 Å². The third-order valence-electron chi connectivity index (χ3n) is 3.79. The summed E-state index contributed by atoms with van der Waals surface area (Å²) in [6.45, 7) is -0.426. The van der Waals surface area contributed by atoms with Gasteiger partial charge in [0.05, 0.1) is 36.2 Å². The van der Waals surface area contributed by atoms with Crippen molar-refractivity contribution in [3.8, 4) is 5.75 Å². The summed E-state index contributed by atoms with van der Waals surface area (Å²) < 4.78 is 35.7. The van der Waals surface area contributed by atoms with Crippen molar-refractivity contribution >= 4 is 39.2 Å². The monoisotopic (exact) mass is 426 g/mol. The van der Waals surface area contributed by atoms with Crippen LogP contribution in [0.4, 0.5) is 5.69 Å². The van der Waals surface area contributed by atoms with E-state index in [-0.39, 0.29) is 21.2 Å². The summed E-state index contributed by atoms with van der Waals surface area (Å²) >= 11 is 5.93. The zero-order valence-electron chi connectivity index (χ0n) is 15.4. The molecule has 0 saturated carbocycles. The second-order valence-electron chi connectivity index (χ2n) is 5.67. The van der Waals surface area contributed by atoms with E-state index in [4.69, 9.17) is 16.3 Å². The molecule has 28 heavy (non-hydrogen) atoms. The Morgan fingerprint density at radius 1 is 1.11 bits per heavy atom. The summed E-state index contributed by atoms with van der Waals surface area (Å²) in [7, 11) is 0.116. The Balaban J connectivity index is 2.10. The summed E-state index contributed by atoms with van der Waals surface area (Å²) in [6, 6.07) is 10.1. The highest BCUT2D eigenvalue weighted by Gasteiger charge is 2.23. The lowest BCUT2D eigenvalue weighted by Crippen LogP contribution is -2.35. The number of carbonyl (C=O) groups is 2. The van der Waals surface area contributed by atoms with Crippen molar-refractivity contribution < 1.29 is 27.5 Å². The molecule has 2 rings (SSSR count).